The Kier molecular flexibility index (Phi) is 5.66. The first-order valence-corrected chi connectivity index (χ1v) is 9.19. The highest BCUT2D eigenvalue weighted by molar-refractivity contribution is 7.97. The minimum Gasteiger partial charge on any atom is -0.368 e. The Morgan fingerprint density at radius 3 is 2.58 bits per heavy atom. The van der Waals surface area contributed by atoms with Gasteiger partial charge in [-0.05, 0) is 30.7 Å². The average Bonchev–Trinajstić information content (AvgIpc) is 2.64. The molecule has 0 aliphatic heterocycles. The summed E-state index contributed by atoms with van der Waals surface area (Å²) in [6.45, 7) is 2.03. The summed E-state index contributed by atoms with van der Waals surface area (Å²) in [4.78, 5) is 12.8. The fourth-order valence-corrected chi connectivity index (χ4v) is 3.22. The maximum atomic E-state index is 9.15. The summed E-state index contributed by atoms with van der Waals surface area (Å²) in [5.41, 5.74) is 9.58. The molecular formula is C19H18N6S. The Labute approximate surface area is 156 Å². The van der Waals surface area contributed by atoms with Crippen LogP contribution in [0.2, 0.25) is 0 Å². The second-order valence-electron chi connectivity index (χ2n) is 5.69. The van der Waals surface area contributed by atoms with Crippen molar-refractivity contribution in [2.75, 3.05) is 11.1 Å². The average molecular weight is 362 g/mol. The van der Waals surface area contributed by atoms with E-state index >= 15 is 0 Å². The maximum Gasteiger partial charge on any atom is 0.232 e. The van der Waals surface area contributed by atoms with Gasteiger partial charge < -0.3 is 11.1 Å². The quantitative estimate of drug-likeness (QED) is 0.687. The molecule has 0 unspecified atom stereocenters. The Morgan fingerprint density at radius 2 is 1.81 bits per heavy atom. The number of hydrogen-bond acceptors (Lipinski definition) is 7. The fraction of sp³-hybridized carbons (Fsp3) is 0.158. The zero-order valence-electron chi connectivity index (χ0n) is 14.3. The molecular weight excluding hydrogens is 344 g/mol. The van der Waals surface area contributed by atoms with E-state index in [0.717, 1.165) is 11.3 Å². The Hall–Kier alpha value is -3.11. The zero-order chi connectivity index (χ0) is 18.4. The summed E-state index contributed by atoms with van der Waals surface area (Å²) in [5.74, 6) is 2.49. The molecule has 0 aliphatic carbocycles. The van der Waals surface area contributed by atoms with Gasteiger partial charge in [0.05, 0.1) is 17.4 Å². The number of hydrogen-bond donors (Lipinski definition) is 2. The van der Waals surface area contributed by atoms with Crippen molar-refractivity contribution in [3.63, 3.8) is 0 Å². The van der Waals surface area contributed by atoms with Crippen LogP contribution < -0.4 is 11.1 Å². The number of thioether (sulfide) groups is 1. The van der Waals surface area contributed by atoms with E-state index in [9.17, 15) is 0 Å². The van der Waals surface area contributed by atoms with Crippen LogP contribution in [0.15, 0.2) is 48.5 Å². The van der Waals surface area contributed by atoms with Gasteiger partial charge in [-0.3, -0.25) is 0 Å². The largest absolute Gasteiger partial charge is 0.368 e. The molecule has 0 saturated carbocycles. The summed E-state index contributed by atoms with van der Waals surface area (Å²) in [5, 5.41) is 12.3. The zero-order valence-corrected chi connectivity index (χ0v) is 15.1. The molecule has 3 aromatic rings. The smallest absolute Gasteiger partial charge is 0.232 e. The van der Waals surface area contributed by atoms with E-state index in [1.165, 1.54) is 5.56 Å². The fourth-order valence-electron chi connectivity index (χ4n) is 2.33. The standard InChI is InChI=1S/C19H18N6S/c1-13-6-8-16(9-7-13)22-19-24-17(23-18(21)25-19)12-26-11-15-5-3-2-4-14(15)10-20/h2-9H,11-12H2,1H3,(H3,21,22,23,24,25). The normalized spacial score (nSPS) is 10.3. The number of aryl methyl sites for hydroxylation is 1. The van der Waals surface area contributed by atoms with Crippen molar-refractivity contribution in [2.24, 2.45) is 0 Å². The van der Waals surface area contributed by atoms with Gasteiger partial charge in [0, 0.05) is 11.4 Å². The van der Waals surface area contributed by atoms with E-state index in [4.69, 9.17) is 11.0 Å². The van der Waals surface area contributed by atoms with Gasteiger partial charge in [0.2, 0.25) is 11.9 Å². The molecule has 6 nitrogen and oxygen atoms in total. The van der Waals surface area contributed by atoms with Crippen LogP contribution in [0.25, 0.3) is 0 Å². The minimum absolute atomic E-state index is 0.183. The lowest BCUT2D eigenvalue weighted by molar-refractivity contribution is 0.982. The Bertz CT molecular complexity index is 934. The third-order valence-corrected chi connectivity index (χ3v) is 4.61. The number of nitriles is 1. The Morgan fingerprint density at radius 1 is 1.04 bits per heavy atom. The van der Waals surface area contributed by atoms with Crippen molar-refractivity contribution in [1.82, 2.24) is 15.0 Å². The second-order valence-corrected chi connectivity index (χ2v) is 6.67. The number of aromatic nitrogens is 3. The van der Waals surface area contributed by atoms with Crippen LogP contribution in [0, 0.1) is 18.3 Å². The van der Waals surface area contributed by atoms with Crippen LogP contribution in [0.3, 0.4) is 0 Å². The van der Waals surface area contributed by atoms with E-state index in [0.29, 0.717) is 28.8 Å². The highest BCUT2D eigenvalue weighted by Crippen LogP contribution is 2.20. The van der Waals surface area contributed by atoms with Gasteiger partial charge in [-0.15, -0.1) is 11.8 Å². The molecule has 1 aromatic heterocycles. The highest BCUT2D eigenvalue weighted by Gasteiger charge is 2.07. The van der Waals surface area contributed by atoms with Gasteiger partial charge in [-0.2, -0.15) is 20.2 Å². The van der Waals surface area contributed by atoms with Crippen molar-refractivity contribution in [2.45, 2.75) is 18.4 Å². The van der Waals surface area contributed by atoms with Gasteiger partial charge in [-0.1, -0.05) is 35.9 Å². The predicted octanol–water partition coefficient (Wildman–Crippen LogP) is 3.81. The van der Waals surface area contributed by atoms with Crippen molar-refractivity contribution < 1.29 is 0 Å². The topological polar surface area (TPSA) is 101 Å². The predicted molar refractivity (Wildman–Crippen MR) is 105 cm³/mol. The maximum absolute atomic E-state index is 9.15. The van der Waals surface area contributed by atoms with Crippen molar-refractivity contribution in [3.8, 4) is 6.07 Å². The number of nitrogens with zero attached hydrogens (tertiary/aromatic N) is 4. The number of rotatable bonds is 6. The molecule has 3 N–H and O–H groups in total. The van der Waals surface area contributed by atoms with Gasteiger partial charge in [0.25, 0.3) is 0 Å². The van der Waals surface area contributed by atoms with Crippen LogP contribution in [-0.4, -0.2) is 15.0 Å². The summed E-state index contributed by atoms with van der Waals surface area (Å²) in [6, 6.07) is 17.7. The van der Waals surface area contributed by atoms with E-state index in [1.807, 2.05) is 55.5 Å². The van der Waals surface area contributed by atoms with Gasteiger partial charge in [0.15, 0.2) is 0 Å². The summed E-state index contributed by atoms with van der Waals surface area (Å²) in [6.07, 6.45) is 0. The summed E-state index contributed by atoms with van der Waals surface area (Å²) < 4.78 is 0. The second kappa shape index (κ2) is 8.32. The van der Waals surface area contributed by atoms with E-state index < -0.39 is 0 Å². The van der Waals surface area contributed by atoms with Crippen molar-refractivity contribution >= 4 is 29.3 Å². The van der Waals surface area contributed by atoms with Gasteiger partial charge >= 0.3 is 0 Å². The molecule has 3 rings (SSSR count). The van der Waals surface area contributed by atoms with E-state index in [-0.39, 0.29) is 5.95 Å². The molecule has 0 fully saturated rings. The molecule has 0 radical (unpaired) electrons. The third-order valence-electron chi connectivity index (χ3n) is 3.63. The number of nitrogens with two attached hydrogens (primary N) is 1. The lowest BCUT2D eigenvalue weighted by atomic mass is 10.1. The molecule has 0 saturated heterocycles. The molecule has 0 spiro atoms. The van der Waals surface area contributed by atoms with Crippen LogP contribution in [0.5, 0.6) is 0 Å². The molecule has 26 heavy (non-hydrogen) atoms. The van der Waals surface area contributed by atoms with Gasteiger partial charge in [0.1, 0.15) is 5.82 Å². The van der Waals surface area contributed by atoms with Crippen molar-refractivity contribution in [3.05, 3.63) is 71.0 Å². The van der Waals surface area contributed by atoms with Crippen molar-refractivity contribution in [1.29, 1.82) is 5.26 Å². The minimum atomic E-state index is 0.183. The van der Waals surface area contributed by atoms with E-state index in [2.05, 4.69) is 26.3 Å². The lowest BCUT2D eigenvalue weighted by Gasteiger charge is -2.08. The molecule has 7 heteroatoms. The van der Waals surface area contributed by atoms with Crippen LogP contribution in [-0.2, 0) is 11.5 Å². The van der Waals surface area contributed by atoms with Crippen LogP contribution in [0.1, 0.15) is 22.5 Å². The Balaban J connectivity index is 1.66. The number of benzene rings is 2. The van der Waals surface area contributed by atoms with Crippen LogP contribution in [0.4, 0.5) is 17.6 Å². The summed E-state index contributed by atoms with van der Waals surface area (Å²) >= 11 is 1.63. The van der Waals surface area contributed by atoms with Gasteiger partial charge in [-0.25, -0.2) is 0 Å². The molecule has 130 valence electrons. The molecule has 0 aliphatic rings. The molecule has 1 heterocycles. The number of nitrogen functional groups attached to an aromatic ring is 1. The first-order chi connectivity index (χ1) is 12.6. The number of nitrogens with one attached hydrogen (secondary N) is 1. The molecule has 0 bridgehead atoms. The summed E-state index contributed by atoms with van der Waals surface area (Å²) in [7, 11) is 0. The highest BCUT2D eigenvalue weighted by atomic mass is 32.2. The molecule has 2 aromatic carbocycles. The van der Waals surface area contributed by atoms with E-state index in [1.54, 1.807) is 11.8 Å². The molecule has 0 atom stereocenters. The monoisotopic (exact) mass is 362 g/mol. The first-order valence-electron chi connectivity index (χ1n) is 8.04. The lowest BCUT2D eigenvalue weighted by Crippen LogP contribution is -2.06. The SMILES string of the molecule is Cc1ccc(Nc2nc(N)nc(CSCc3ccccc3C#N)n2)cc1. The number of anilines is 3. The molecule has 0 amide bonds. The third kappa shape index (κ3) is 4.71. The first kappa shape index (κ1) is 17.7. The van der Waals surface area contributed by atoms with Crippen LogP contribution >= 0.6 is 11.8 Å².